The fourth-order valence-corrected chi connectivity index (χ4v) is 2.55. The number of hydrogen-bond donors (Lipinski definition) is 0. The summed E-state index contributed by atoms with van der Waals surface area (Å²) in [4.78, 5) is 9.20. The van der Waals surface area contributed by atoms with Gasteiger partial charge in [0.25, 0.3) is 0 Å². The van der Waals surface area contributed by atoms with Crippen molar-refractivity contribution in [2.45, 2.75) is 39.2 Å². The average molecular weight is 305 g/mol. The van der Waals surface area contributed by atoms with E-state index < -0.39 is 0 Å². The summed E-state index contributed by atoms with van der Waals surface area (Å²) >= 11 is 6.28. The average Bonchev–Trinajstić information content (AvgIpc) is 3.04. The van der Waals surface area contributed by atoms with Gasteiger partial charge in [-0.15, -0.1) is 21.8 Å². The summed E-state index contributed by atoms with van der Waals surface area (Å²) in [7, 11) is 0. The first-order valence-corrected chi connectivity index (χ1v) is 7.38. The van der Waals surface area contributed by atoms with E-state index >= 15 is 0 Å². The molecule has 0 aliphatic carbocycles. The van der Waals surface area contributed by atoms with Crippen LogP contribution in [0.3, 0.4) is 0 Å². The van der Waals surface area contributed by atoms with Crippen molar-refractivity contribution < 1.29 is 0 Å². The minimum Gasteiger partial charge on any atom is -0.316 e. The van der Waals surface area contributed by atoms with Gasteiger partial charge in [-0.05, 0) is 32.9 Å². The minimum atomic E-state index is -0.197. The Bertz CT molecular complexity index is 773. The maximum Gasteiger partial charge on any atom is 0.160 e. The molecule has 6 nitrogen and oxygen atoms in total. The van der Waals surface area contributed by atoms with Crippen molar-refractivity contribution in [1.29, 1.82) is 0 Å². The van der Waals surface area contributed by atoms with Crippen molar-refractivity contribution >= 4 is 22.8 Å². The highest BCUT2D eigenvalue weighted by molar-refractivity contribution is 6.20. The van der Waals surface area contributed by atoms with Crippen molar-refractivity contribution in [3.63, 3.8) is 0 Å². The van der Waals surface area contributed by atoms with Gasteiger partial charge >= 0.3 is 0 Å². The van der Waals surface area contributed by atoms with E-state index in [0.29, 0.717) is 6.54 Å². The SMILES string of the molecule is CCn1cnnc1Cn1c(C(C)Cl)nc2ccc(C)nc21. The van der Waals surface area contributed by atoms with Crippen LogP contribution in [0.2, 0.25) is 0 Å². The first-order chi connectivity index (χ1) is 10.1. The molecule has 0 fully saturated rings. The number of aromatic nitrogens is 6. The third kappa shape index (κ3) is 2.51. The van der Waals surface area contributed by atoms with Crippen LogP contribution in [-0.2, 0) is 13.1 Å². The molecular weight excluding hydrogens is 288 g/mol. The van der Waals surface area contributed by atoms with Gasteiger partial charge in [-0.1, -0.05) is 0 Å². The van der Waals surface area contributed by atoms with E-state index in [4.69, 9.17) is 11.6 Å². The number of imidazole rings is 1. The summed E-state index contributed by atoms with van der Waals surface area (Å²) in [6.45, 7) is 7.33. The van der Waals surface area contributed by atoms with Gasteiger partial charge < -0.3 is 9.13 Å². The molecule has 1 atom stereocenters. The smallest absolute Gasteiger partial charge is 0.160 e. The van der Waals surface area contributed by atoms with Crippen LogP contribution in [0.1, 0.15) is 36.6 Å². The number of nitrogens with zero attached hydrogens (tertiary/aromatic N) is 6. The molecule has 3 aromatic heterocycles. The third-order valence-corrected chi connectivity index (χ3v) is 3.65. The zero-order chi connectivity index (χ0) is 15.0. The summed E-state index contributed by atoms with van der Waals surface area (Å²) < 4.78 is 4.03. The maximum atomic E-state index is 6.28. The monoisotopic (exact) mass is 304 g/mol. The largest absolute Gasteiger partial charge is 0.316 e. The molecule has 3 rings (SSSR count). The summed E-state index contributed by atoms with van der Waals surface area (Å²) in [5.41, 5.74) is 2.64. The highest BCUT2D eigenvalue weighted by atomic mass is 35.5. The fraction of sp³-hybridized carbons (Fsp3) is 0.429. The molecule has 0 saturated carbocycles. The normalized spacial score (nSPS) is 13.0. The lowest BCUT2D eigenvalue weighted by Crippen LogP contribution is -2.11. The Kier molecular flexibility index (Phi) is 3.63. The molecule has 0 aromatic carbocycles. The molecule has 7 heteroatoms. The predicted octanol–water partition coefficient (Wildman–Crippen LogP) is 2.70. The van der Waals surface area contributed by atoms with E-state index in [1.807, 2.05) is 35.1 Å². The topological polar surface area (TPSA) is 61.4 Å². The van der Waals surface area contributed by atoms with Gasteiger partial charge in [0.05, 0.1) is 11.9 Å². The quantitative estimate of drug-likeness (QED) is 0.695. The van der Waals surface area contributed by atoms with Crippen LogP contribution < -0.4 is 0 Å². The number of aryl methyl sites for hydroxylation is 2. The van der Waals surface area contributed by atoms with Crippen molar-refractivity contribution in [1.82, 2.24) is 29.3 Å². The summed E-state index contributed by atoms with van der Waals surface area (Å²) in [5.74, 6) is 1.68. The zero-order valence-corrected chi connectivity index (χ0v) is 13.0. The van der Waals surface area contributed by atoms with Crippen LogP contribution in [0.15, 0.2) is 18.5 Å². The second-order valence-electron chi connectivity index (χ2n) is 5.00. The highest BCUT2D eigenvalue weighted by Gasteiger charge is 2.18. The van der Waals surface area contributed by atoms with Crippen molar-refractivity contribution in [2.24, 2.45) is 0 Å². The van der Waals surface area contributed by atoms with Crippen LogP contribution in [-0.4, -0.2) is 29.3 Å². The molecule has 0 spiro atoms. The van der Waals surface area contributed by atoms with Crippen LogP contribution in [0.5, 0.6) is 0 Å². The Balaban J connectivity index is 2.15. The zero-order valence-electron chi connectivity index (χ0n) is 12.3. The van der Waals surface area contributed by atoms with Gasteiger partial charge in [-0.25, -0.2) is 9.97 Å². The van der Waals surface area contributed by atoms with Gasteiger partial charge in [0.15, 0.2) is 11.5 Å². The van der Waals surface area contributed by atoms with Gasteiger partial charge in [0.2, 0.25) is 0 Å². The van der Waals surface area contributed by atoms with Crippen LogP contribution in [0, 0.1) is 6.92 Å². The summed E-state index contributed by atoms with van der Waals surface area (Å²) in [5, 5.41) is 7.96. The van der Waals surface area contributed by atoms with E-state index in [0.717, 1.165) is 35.1 Å². The molecule has 0 saturated heterocycles. The highest BCUT2D eigenvalue weighted by Crippen LogP contribution is 2.24. The van der Waals surface area contributed by atoms with Crippen LogP contribution in [0.25, 0.3) is 11.2 Å². The molecule has 0 aliphatic heterocycles. The molecule has 0 radical (unpaired) electrons. The number of fused-ring (bicyclic) bond motifs is 1. The van der Waals surface area contributed by atoms with Gasteiger partial charge in [0, 0.05) is 12.2 Å². The molecule has 3 aromatic rings. The number of alkyl halides is 1. The van der Waals surface area contributed by atoms with Gasteiger partial charge in [0.1, 0.15) is 17.7 Å². The van der Waals surface area contributed by atoms with Crippen molar-refractivity contribution in [3.8, 4) is 0 Å². The maximum absolute atomic E-state index is 6.28. The molecular formula is C14H17ClN6. The van der Waals surface area contributed by atoms with Crippen molar-refractivity contribution in [2.75, 3.05) is 0 Å². The molecule has 3 heterocycles. The Labute approximate surface area is 127 Å². The van der Waals surface area contributed by atoms with Crippen LogP contribution >= 0.6 is 11.6 Å². The minimum absolute atomic E-state index is 0.197. The van der Waals surface area contributed by atoms with Crippen molar-refractivity contribution in [3.05, 3.63) is 35.8 Å². The summed E-state index contributed by atoms with van der Waals surface area (Å²) in [6.07, 6.45) is 1.73. The standard InChI is InChI=1S/C14H17ClN6/c1-4-20-8-16-19-12(20)7-21-13(10(3)15)18-11-6-5-9(2)17-14(11)21/h5-6,8,10H,4,7H2,1-3H3. The van der Waals surface area contributed by atoms with Gasteiger partial charge in [-0.2, -0.15) is 0 Å². The van der Waals surface area contributed by atoms with Crippen LogP contribution in [0.4, 0.5) is 0 Å². The number of pyridine rings is 1. The third-order valence-electron chi connectivity index (χ3n) is 3.45. The van der Waals surface area contributed by atoms with E-state index in [1.54, 1.807) is 6.33 Å². The Hall–Kier alpha value is -1.95. The lowest BCUT2D eigenvalue weighted by atomic mass is 10.3. The number of hydrogen-bond acceptors (Lipinski definition) is 4. The first-order valence-electron chi connectivity index (χ1n) is 6.94. The Morgan fingerprint density at radius 3 is 2.81 bits per heavy atom. The molecule has 0 N–H and O–H groups in total. The second kappa shape index (κ2) is 5.44. The molecule has 1 unspecified atom stereocenters. The Morgan fingerprint density at radius 1 is 1.29 bits per heavy atom. The molecule has 0 amide bonds. The van der Waals surface area contributed by atoms with E-state index in [1.165, 1.54) is 0 Å². The fourth-order valence-electron chi connectivity index (χ4n) is 2.38. The second-order valence-corrected chi connectivity index (χ2v) is 5.66. The number of halogens is 1. The van der Waals surface area contributed by atoms with E-state index in [9.17, 15) is 0 Å². The van der Waals surface area contributed by atoms with Gasteiger partial charge in [-0.3, -0.25) is 0 Å². The Morgan fingerprint density at radius 2 is 2.10 bits per heavy atom. The van der Waals surface area contributed by atoms with E-state index in [-0.39, 0.29) is 5.38 Å². The number of rotatable bonds is 4. The molecule has 0 aliphatic rings. The molecule has 0 bridgehead atoms. The first kappa shape index (κ1) is 14.0. The lowest BCUT2D eigenvalue weighted by molar-refractivity contribution is 0.637. The van der Waals surface area contributed by atoms with E-state index in [2.05, 4.69) is 27.1 Å². The lowest BCUT2D eigenvalue weighted by Gasteiger charge is -2.10. The molecule has 21 heavy (non-hydrogen) atoms. The summed E-state index contributed by atoms with van der Waals surface area (Å²) in [6, 6.07) is 3.93. The predicted molar refractivity (Wildman–Crippen MR) is 81.3 cm³/mol. The molecule has 110 valence electrons.